The second kappa shape index (κ2) is 4.93. The molecule has 1 aliphatic rings. The minimum Gasteiger partial charge on any atom is -0.496 e. The van der Waals surface area contributed by atoms with Gasteiger partial charge < -0.3 is 9.15 Å². The molecule has 0 fully saturated rings. The van der Waals surface area contributed by atoms with Gasteiger partial charge in [0, 0.05) is 11.1 Å². The lowest BCUT2D eigenvalue weighted by molar-refractivity contribution is 0.0885. The van der Waals surface area contributed by atoms with Crippen LogP contribution in [-0.4, -0.2) is 18.7 Å². The zero-order chi connectivity index (χ0) is 17.0. The van der Waals surface area contributed by atoms with Gasteiger partial charge in [0.2, 0.25) is 0 Å². The van der Waals surface area contributed by atoms with Crippen LogP contribution in [0.25, 0.3) is 11.2 Å². The number of ether oxygens (including phenoxy) is 1. The standard InChI is InChI=1S/C19H11FO4/c1-3-4-9-7-10(20)14(13(8-9)23-2)17-18(21)15-11-5-6-12(24-11)16(15)19(17)22/h5-8,17H,1-2H3. The monoisotopic (exact) mass is 322 g/mol. The Morgan fingerprint density at radius 3 is 2.29 bits per heavy atom. The number of hydrogen-bond donors (Lipinski definition) is 0. The number of fused-ring (bicyclic) bond motifs is 5. The first-order chi connectivity index (χ1) is 11.6. The van der Waals surface area contributed by atoms with Crippen molar-refractivity contribution in [3.05, 3.63) is 52.3 Å². The molecule has 0 saturated carbocycles. The number of halogens is 1. The summed E-state index contributed by atoms with van der Waals surface area (Å²) in [6, 6.07) is 6.01. The highest BCUT2D eigenvalue weighted by Crippen LogP contribution is 2.44. The van der Waals surface area contributed by atoms with E-state index < -0.39 is 23.3 Å². The van der Waals surface area contributed by atoms with Gasteiger partial charge in [-0.3, -0.25) is 9.59 Å². The van der Waals surface area contributed by atoms with E-state index in [9.17, 15) is 14.0 Å². The van der Waals surface area contributed by atoms with Crippen molar-refractivity contribution in [1.82, 2.24) is 0 Å². The second-order valence-electron chi connectivity index (χ2n) is 5.52. The Kier molecular flexibility index (Phi) is 2.97. The lowest BCUT2D eigenvalue weighted by Gasteiger charge is -2.14. The minimum atomic E-state index is -1.25. The van der Waals surface area contributed by atoms with Crippen LogP contribution in [0.1, 0.15) is 44.7 Å². The molecular formula is C19H11FO4. The van der Waals surface area contributed by atoms with Gasteiger partial charge >= 0.3 is 0 Å². The van der Waals surface area contributed by atoms with E-state index in [2.05, 4.69) is 11.8 Å². The average Bonchev–Trinajstić information content (AvgIpc) is 3.23. The quantitative estimate of drug-likeness (QED) is 0.535. The van der Waals surface area contributed by atoms with Crippen molar-refractivity contribution in [1.29, 1.82) is 0 Å². The molecule has 2 bridgehead atoms. The van der Waals surface area contributed by atoms with Crippen LogP contribution >= 0.6 is 0 Å². The number of methoxy groups -OCH3 is 1. The maximum atomic E-state index is 14.7. The Balaban J connectivity index is 1.91. The molecule has 1 aliphatic carbocycles. The Hall–Kier alpha value is -3.13. The van der Waals surface area contributed by atoms with Gasteiger partial charge in [0.15, 0.2) is 11.6 Å². The van der Waals surface area contributed by atoms with Crippen LogP contribution in [0.3, 0.4) is 0 Å². The highest BCUT2D eigenvalue weighted by Gasteiger charge is 2.46. The second-order valence-corrected chi connectivity index (χ2v) is 5.52. The molecule has 0 unspecified atom stereocenters. The fourth-order valence-electron chi connectivity index (χ4n) is 3.27. The summed E-state index contributed by atoms with van der Waals surface area (Å²) in [7, 11) is 1.37. The molecule has 0 N–H and O–H groups in total. The SMILES string of the molecule is CC#Cc1cc(F)c(C2C(=O)c3c(c4ccc3o4)C2=O)c(OC)c1. The van der Waals surface area contributed by atoms with Crippen molar-refractivity contribution in [2.24, 2.45) is 0 Å². The Bertz CT molecular complexity index is 1020. The van der Waals surface area contributed by atoms with Gasteiger partial charge in [0.25, 0.3) is 0 Å². The van der Waals surface area contributed by atoms with Gasteiger partial charge in [-0.25, -0.2) is 4.39 Å². The van der Waals surface area contributed by atoms with Crippen molar-refractivity contribution < 1.29 is 23.1 Å². The van der Waals surface area contributed by atoms with Gasteiger partial charge in [-0.2, -0.15) is 0 Å². The minimum absolute atomic E-state index is 0.0517. The predicted octanol–water partition coefficient (Wildman–Crippen LogP) is 3.55. The maximum absolute atomic E-state index is 14.7. The molecule has 2 heterocycles. The summed E-state index contributed by atoms with van der Waals surface area (Å²) >= 11 is 0. The number of carbonyl (C=O) groups is 2. The van der Waals surface area contributed by atoms with E-state index >= 15 is 0 Å². The Labute approximate surface area is 136 Å². The summed E-state index contributed by atoms with van der Waals surface area (Å²) in [5.41, 5.74) is 1.55. The summed E-state index contributed by atoms with van der Waals surface area (Å²) < 4.78 is 25.3. The zero-order valence-electron chi connectivity index (χ0n) is 12.9. The largest absolute Gasteiger partial charge is 0.496 e. The van der Waals surface area contributed by atoms with Crippen molar-refractivity contribution in [3.63, 3.8) is 0 Å². The third kappa shape index (κ3) is 1.74. The maximum Gasteiger partial charge on any atom is 0.183 e. The molecule has 4 rings (SSSR count). The molecule has 118 valence electrons. The molecule has 3 aromatic rings. The lowest BCUT2D eigenvalue weighted by atomic mass is 9.91. The zero-order valence-corrected chi connectivity index (χ0v) is 12.9. The van der Waals surface area contributed by atoms with Crippen LogP contribution in [0, 0.1) is 17.7 Å². The average molecular weight is 322 g/mol. The van der Waals surface area contributed by atoms with Gasteiger partial charge in [-0.1, -0.05) is 5.92 Å². The van der Waals surface area contributed by atoms with E-state index in [1.165, 1.54) is 19.2 Å². The summed E-state index contributed by atoms with van der Waals surface area (Å²) in [5.74, 6) is 2.69. The normalized spacial score (nSPS) is 14.1. The van der Waals surface area contributed by atoms with Gasteiger partial charge in [-0.15, -0.1) is 5.92 Å². The van der Waals surface area contributed by atoms with Gasteiger partial charge in [-0.05, 0) is 31.2 Å². The number of benzene rings is 2. The first kappa shape index (κ1) is 14.5. The summed E-state index contributed by atoms with van der Waals surface area (Å²) in [5, 5.41) is 0. The third-order valence-corrected chi connectivity index (χ3v) is 4.24. The van der Waals surface area contributed by atoms with E-state index in [0.29, 0.717) is 16.7 Å². The van der Waals surface area contributed by atoms with Crippen LogP contribution in [-0.2, 0) is 0 Å². The number of Topliss-reactive ketones (excluding diaryl/α,β-unsaturated/α-hetero) is 2. The van der Waals surface area contributed by atoms with Crippen LogP contribution in [0.4, 0.5) is 4.39 Å². The van der Waals surface area contributed by atoms with Gasteiger partial charge in [0.1, 0.15) is 28.7 Å². The third-order valence-electron chi connectivity index (χ3n) is 4.24. The van der Waals surface area contributed by atoms with E-state index in [1.54, 1.807) is 19.1 Å². The van der Waals surface area contributed by atoms with Crippen molar-refractivity contribution >= 4 is 22.7 Å². The Morgan fingerprint density at radius 1 is 1.12 bits per heavy atom. The molecule has 0 atom stereocenters. The molecule has 0 spiro atoms. The number of hydrogen-bond acceptors (Lipinski definition) is 4. The molecule has 0 amide bonds. The molecule has 24 heavy (non-hydrogen) atoms. The van der Waals surface area contributed by atoms with Crippen molar-refractivity contribution in [2.75, 3.05) is 7.11 Å². The highest BCUT2D eigenvalue weighted by atomic mass is 19.1. The van der Waals surface area contributed by atoms with E-state index in [1.807, 2.05) is 0 Å². The van der Waals surface area contributed by atoms with E-state index in [0.717, 1.165) is 0 Å². The molecule has 0 radical (unpaired) electrons. The van der Waals surface area contributed by atoms with E-state index in [4.69, 9.17) is 9.15 Å². The number of rotatable bonds is 2. The topological polar surface area (TPSA) is 56.5 Å². The van der Waals surface area contributed by atoms with Crippen LogP contribution in [0.15, 0.2) is 28.7 Å². The summed E-state index contributed by atoms with van der Waals surface area (Å²) in [6.45, 7) is 1.63. The van der Waals surface area contributed by atoms with Crippen molar-refractivity contribution in [3.8, 4) is 17.6 Å². The fraction of sp³-hybridized carbons (Fsp3) is 0.158. The number of furan rings is 2. The number of ketones is 2. The molecular weight excluding hydrogens is 311 g/mol. The van der Waals surface area contributed by atoms with Crippen LogP contribution in [0.5, 0.6) is 5.75 Å². The molecule has 1 aromatic carbocycles. The molecule has 0 saturated heterocycles. The number of carbonyl (C=O) groups excluding carboxylic acids is 2. The lowest BCUT2D eigenvalue weighted by Crippen LogP contribution is -2.16. The Morgan fingerprint density at radius 2 is 1.75 bits per heavy atom. The van der Waals surface area contributed by atoms with Crippen molar-refractivity contribution in [2.45, 2.75) is 12.8 Å². The van der Waals surface area contributed by atoms with E-state index in [-0.39, 0.29) is 22.4 Å². The smallest absolute Gasteiger partial charge is 0.183 e. The van der Waals surface area contributed by atoms with Crippen LogP contribution < -0.4 is 4.74 Å². The summed E-state index contributed by atoms with van der Waals surface area (Å²) in [4.78, 5) is 25.5. The molecule has 2 aromatic heterocycles. The summed E-state index contributed by atoms with van der Waals surface area (Å²) in [6.07, 6.45) is 0. The molecule has 4 nitrogen and oxygen atoms in total. The first-order valence-corrected chi connectivity index (χ1v) is 7.30. The molecule has 0 aliphatic heterocycles. The first-order valence-electron chi connectivity index (χ1n) is 7.30. The van der Waals surface area contributed by atoms with Crippen LogP contribution in [0.2, 0.25) is 0 Å². The molecule has 5 heteroatoms. The predicted molar refractivity (Wildman–Crippen MR) is 84.3 cm³/mol. The van der Waals surface area contributed by atoms with Gasteiger partial charge in [0.05, 0.1) is 18.2 Å². The highest BCUT2D eigenvalue weighted by molar-refractivity contribution is 6.35. The fourth-order valence-corrected chi connectivity index (χ4v) is 3.27.